The summed E-state index contributed by atoms with van der Waals surface area (Å²) in [5.41, 5.74) is 8.08. The van der Waals surface area contributed by atoms with Crippen molar-refractivity contribution >= 4 is 17.4 Å². The third kappa shape index (κ3) is 1.25. The fourth-order valence-electron chi connectivity index (χ4n) is 2.37. The molecule has 0 fully saturated rings. The van der Waals surface area contributed by atoms with E-state index in [4.69, 9.17) is 5.73 Å². The lowest BCUT2D eigenvalue weighted by Gasteiger charge is -2.27. The fraction of sp³-hybridized carbons (Fsp3) is 0.231. The molecule has 76 valence electrons. The molecule has 1 nitrogen and oxygen atoms in total. The predicted molar refractivity (Wildman–Crippen MR) is 66.1 cm³/mol. The molecule has 2 N–H and O–H groups in total. The number of hydrogen-bond acceptors (Lipinski definition) is 2. The molecular formula is C13H13NS. The van der Waals surface area contributed by atoms with Crippen molar-refractivity contribution in [1.82, 2.24) is 0 Å². The fourth-order valence-corrected chi connectivity index (χ4v) is 3.76. The summed E-state index contributed by atoms with van der Waals surface area (Å²) in [5.74, 6) is 0.478. The van der Waals surface area contributed by atoms with Crippen LogP contribution < -0.4 is 5.73 Å². The lowest BCUT2D eigenvalue weighted by molar-refractivity contribution is 0.702. The molecule has 0 saturated carbocycles. The summed E-state index contributed by atoms with van der Waals surface area (Å²) in [6, 6.07) is 6.24. The minimum absolute atomic E-state index is 0.185. The van der Waals surface area contributed by atoms with Gasteiger partial charge in [-0.05, 0) is 30.7 Å². The summed E-state index contributed by atoms with van der Waals surface area (Å²) in [6.07, 6.45) is 8.83. The molecular weight excluding hydrogens is 202 g/mol. The molecule has 2 atom stereocenters. The largest absolute Gasteiger partial charge is 0.399 e. The van der Waals surface area contributed by atoms with Gasteiger partial charge in [0, 0.05) is 21.2 Å². The van der Waals surface area contributed by atoms with Gasteiger partial charge in [0.1, 0.15) is 0 Å². The zero-order valence-electron chi connectivity index (χ0n) is 8.60. The van der Waals surface area contributed by atoms with Crippen LogP contribution in [-0.2, 0) is 0 Å². The Morgan fingerprint density at radius 1 is 1.33 bits per heavy atom. The van der Waals surface area contributed by atoms with Gasteiger partial charge in [0.2, 0.25) is 0 Å². The Morgan fingerprint density at radius 3 is 3.07 bits per heavy atom. The molecule has 0 aromatic heterocycles. The molecule has 2 unspecified atom stereocenters. The Labute approximate surface area is 94.1 Å². The molecule has 2 aliphatic rings. The van der Waals surface area contributed by atoms with Crippen LogP contribution >= 0.6 is 11.8 Å². The van der Waals surface area contributed by atoms with Crippen LogP contribution in [0.2, 0.25) is 0 Å². The number of nitrogens with two attached hydrogens (primary N) is 1. The maximum absolute atomic E-state index is 5.84. The number of fused-ring (bicyclic) bond motifs is 3. The van der Waals surface area contributed by atoms with Crippen molar-refractivity contribution in [1.29, 1.82) is 0 Å². The first-order chi connectivity index (χ1) is 7.19. The second-order valence-electron chi connectivity index (χ2n) is 4.30. The monoisotopic (exact) mass is 215 g/mol. The Kier molecular flexibility index (Phi) is 1.77. The highest BCUT2D eigenvalue weighted by molar-refractivity contribution is 8.01. The van der Waals surface area contributed by atoms with Gasteiger partial charge in [-0.3, -0.25) is 0 Å². The van der Waals surface area contributed by atoms with Crippen LogP contribution in [0.5, 0.6) is 0 Å². The number of thioether (sulfide) groups is 1. The normalized spacial score (nSPS) is 31.4. The predicted octanol–water partition coefficient (Wildman–Crippen LogP) is 3.34. The van der Waals surface area contributed by atoms with Crippen molar-refractivity contribution in [2.75, 3.05) is 5.73 Å². The molecule has 0 spiro atoms. The molecule has 1 aromatic carbocycles. The van der Waals surface area contributed by atoms with Crippen LogP contribution in [0, 0.1) is 0 Å². The lowest BCUT2D eigenvalue weighted by atomic mass is 9.84. The molecule has 1 aromatic rings. The topological polar surface area (TPSA) is 26.0 Å². The van der Waals surface area contributed by atoms with Gasteiger partial charge in [0.15, 0.2) is 0 Å². The van der Waals surface area contributed by atoms with Gasteiger partial charge >= 0.3 is 0 Å². The molecule has 15 heavy (non-hydrogen) atoms. The second kappa shape index (κ2) is 2.92. The van der Waals surface area contributed by atoms with Crippen molar-refractivity contribution in [2.24, 2.45) is 0 Å². The van der Waals surface area contributed by atoms with E-state index < -0.39 is 0 Å². The maximum atomic E-state index is 5.84. The SMILES string of the molecule is CC12C=CC=CC1c1cc(N)ccc1S2. The van der Waals surface area contributed by atoms with Crippen molar-refractivity contribution in [3.8, 4) is 0 Å². The second-order valence-corrected chi connectivity index (χ2v) is 5.83. The Bertz CT molecular complexity index is 475. The van der Waals surface area contributed by atoms with E-state index in [-0.39, 0.29) is 4.75 Å². The number of nitrogen functional groups attached to an aromatic ring is 1. The van der Waals surface area contributed by atoms with Crippen LogP contribution in [0.15, 0.2) is 47.4 Å². The number of rotatable bonds is 0. The average Bonchev–Trinajstić information content (AvgIpc) is 2.50. The Hall–Kier alpha value is -1.15. The number of hydrogen-bond donors (Lipinski definition) is 1. The van der Waals surface area contributed by atoms with Crippen LogP contribution in [0.25, 0.3) is 0 Å². The van der Waals surface area contributed by atoms with E-state index in [2.05, 4.69) is 43.4 Å². The molecule has 1 aliphatic heterocycles. The number of anilines is 1. The first kappa shape index (κ1) is 9.10. The van der Waals surface area contributed by atoms with Gasteiger partial charge in [0.05, 0.1) is 0 Å². The first-order valence-corrected chi connectivity index (χ1v) is 5.95. The van der Waals surface area contributed by atoms with E-state index in [1.807, 2.05) is 17.8 Å². The van der Waals surface area contributed by atoms with Gasteiger partial charge in [0.25, 0.3) is 0 Å². The van der Waals surface area contributed by atoms with Crippen LogP contribution in [0.1, 0.15) is 18.4 Å². The van der Waals surface area contributed by atoms with E-state index in [0.29, 0.717) is 5.92 Å². The molecule has 1 aliphatic carbocycles. The van der Waals surface area contributed by atoms with E-state index in [1.54, 1.807) is 0 Å². The van der Waals surface area contributed by atoms with Crippen molar-refractivity contribution in [3.05, 3.63) is 48.1 Å². The summed E-state index contributed by atoms with van der Waals surface area (Å²) in [5, 5.41) is 0. The zero-order valence-corrected chi connectivity index (χ0v) is 9.42. The van der Waals surface area contributed by atoms with Crippen molar-refractivity contribution in [3.63, 3.8) is 0 Å². The van der Waals surface area contributed by atoms with Crippen LogP contribution in [0.4, 0.5) is 5.69 Å². The highest BCUT2D eigenvalue weighted by Crippen LogP contribution is 2.55. The third-order valence-electron chi connectivity index (χ3n) is 3.16. The average molecular weight is 215 g/mol. The van der Waals surface area contributed by atoms with Gasteiger partial charge in [-0.15, -0.1) is 11.8 Å². The van der Waals surface area contributed by atoms with Crippen molar-refractivity contribution < 1.29 is 0 Å². The van der Waals surface area contributed by atoms with Crippen LogP contribution in [0.3, 0.4) is 0 Å². The van der Waals surface area contributed by atoms with E-state index in [1.165, 1.54) is 10.5 Å². The minimum atomic E-state index is 0.185. The third-order valence-corrected chi connectivity index (χ3v) is 4.58. The van der Waals surface area contributed by atoms with Gasteiger partial charge in [-0.25, -0.2) is 0 Å². The van der Waals surface area contributed by atoms with Gasteiger partial charge in [-0.1, -0.05) is 24.3 Å². The summed E-state index contributed by atoms with van der Waals surface area (Å²) < 4.78 is 0.185. The summed E-state index contributed by atoms with van der Waals surface area (Å²) in [6.45, 7) is 2.29. The lowest BCUT2D eigenvalue weighted by Crippen LogP contribution is -2.22. The smallest absolute Gasteiger partial charge is 0.0464 e. The Balaban J connectivity index is 2.17. The molecule has 0 amide bonds. The molecule has 0 saturated heterocycles. The highest BCUT2D eigenvalue weighted by atomic mass is 32.2. The number of allylic oxidation sites excluding steroid dienone is 3. The summed E-state index contributed by atoms with van der Waals surface area (Å²) >= 11 is 1.94. The van der Waals surface area contributed by atoms with Crippen LogP contribution in [-0.4, -0.2) is 4.75 Å². The molecule has 3 rings (SSSR count). The minimum Gasteiger partial charge on any atom is -0.399 e. The van der Waals surface area contributed by atoms with E-state index >= 15 is 0 Å². The Morgan fingerprint density at radius 2 is 2.20 bits per heavy atom. The molecule has 2 heteroatoms. The van der Waals surface area contributed by atoms with Gasteiger partial charge in [-0.2, -0.15) is 0 Å². The number of benzene rings is 1. The standard InChI is InChI=1S/C13H13NS/c1-13-7-3-2-4-11(13)10-8-9(14)5-6-12(10)15-13/h2-8,11H,14H2,1H3. The highest BCUT2D eigenvalue weighted by Gasteiger charge is 2.40. The molecule has 0 radical (unpaired) electrons. The maximum Gasteiger partial charge on any atom is 0.0464 e. The van der Waals surface area contributed by atoms with E-state index in [0.717, 1.165) is 5.69 Å². The summed E-state index contributed by atoms with van der Waals surface area (Å²) in [7, 11) is 0. The molecule has 0 bridgehead atoms. The quantitative estimate of drug-likeness (QED) is 0.672. The zero-order chi connectivity index (χ0) is 10.5. The van der Waals surface area contributed by atoms with E-state index in [9.17, 15) is 0 Å². The summed E-state index contributed by atoms with van der Waals surface area (Å²) in [4.78, 5) is 1.37. The van der Waals surface area contributed by atoms with Crippen molar-refractivity contribution in [2.45, 2.75) is 22.5 Å². The molecule has 1 heterocycles. The first-order valence-electron chi connectivity index (χ1n) is 5.13. The van der Waals surface area contributed by atoms with Gasteiger partial charge < -0.3 is 5.73 Å².